The number of aromatic nitrogens is 2. The molecule has 0 atom stereocenters. The second-order valence-electron chi connectivity index (χ2n) is 4.83. The lowest BCUT2D eigenvalue weighted by Gasteiger charge is -2.13. The van der Waals surface area contributed by atoms with E-state index in [-0.39, 0.29) is 11.9 Å². The molecule has 2 heterocycles. The zero-order valence-corrected chi connectivity index (χ0v) is 12.2. The number of benzene rings is 1. The predicted octanol–water partition coefficient (Wildman–Crippen LogP) is 2.27. The molecular formula is C15H15FN4O3. The lowest BCUT2D eigenvalue weighted by atomic mass is 10.3. The number of ether oxygens (including phenoxy) is 2. The number of nitrogens with zero attached hydrogens (tertiary/aromatic N) is 3. The van der Waals surface area contributed by atoms with Gasteiger partial charge in [0.25, 0.3) is 0 Å². The third kappa shape index (κ3) is 4.06. The third-order valence-electron chi connectivity index (χ3n) is 3.18. The maximum absolute atomic E-state index is 12.9. The molecule has 2 aromatic rings. The molecule has 3 rings (SSSR count). The highest BCUT2D eigenvalue weighted by atomic mass is 19.1. The van der Waals surface area contributed by atoms with Gasteiger partial charge in [-0.2, -0.15) is 4.98 Å². The van der Waals surface area contributed by atoms with Crippen LogP contribution < -0.4 is 10.1 Å². The van der Waals surface area contributed by atoms with Gasteiger partial charge in [-0.05, 0) is 24.3 Å². The van der Waals surface area contributed by atoms with Crippen LogP contribution in [-0.4, -0.2) is 47.2 Å². The van der Waals surface area contributed by atoms with Crippen molar-refractivity contribution in [3.05, 3.63) is 42.5 Å². The fraction of sp³-hybridized carbons (Fsp3) is 0.267. The van der Waals surface area contributed by atoms with Crippen molar-refractivity contribution in [1.82, 2.24) is 14.9 Å². The number of nitrogens with one attached hydrogen (secondary N) is 1. The normalized spacial score (nSPS) is 13.8. The Kier molecular flexibility index (Phi) is 4.51. The van der Waals surface area contributed by atoms with Gasteiger partial charge in [0.05, 0.1) is 18.9 Å². The van der Waals surface area contributed by atoms with Gasteiger partial charge < -0.3 is 19.7 Å². The second kappa shape index (κ2) is 6.91. The van der Waals surface area contributed by atoms with E-state index in [0.29, 0.717) is 43.7 Å². The van der Waals surface area contributed by atoms with Crippen molar-refractivity contribution in [3.8, 4) is 11.6 Å². The smallest absolute Gasteiger partial charge is 0.409 e. The third-order valence-corrected chi connectivity index (χ3v) is 3.18. The minimum Gasteiger partial charge on any atom is -0.448 e. The number of anilines is 1. The maximum atomic E-state index is 12.9. The lowest BCUT2D eigenvalue weighted by molar-refractivity contribution is 0.159. The average molecular weight is 318 g/mol. The Morgan fingerprint density at radius 2 is 2.13 bits per heavy atom. The second-order valence-corrected chi connectivity index (χ2v) is 4.83. The first kappa shape index (κ1) is 15.0. The van der Waals surface area contributed by atoms with E-state index in [0.717, 1.165) is 0 Å². The largest absolute Gasteiger partial charge is 0.448 e. The van der Waals surface area contributed by atoms with Crippen molar-refractivity contribution >= 4 is 11.9 Å². The maximum Gasteiger partial charge on any atom is 0.409 e. The van der Waals surface area contributed by atoms with Gasteiger partial charge in [-0.25, -0.2) is 9.18 Å². The molecule has 8 heteroatoms. The van der Waals surface area contributed by atoms with Crippen LogP contribution in [0.15, 0.2) is 36.7 Å². The summed E-state index contributed by atoms with van der Waals surface area (Å²) in [6.07, 6.45) is 2.72. The number of hydrogen-bond acceptors (Lipinski definition) is 6. The van der Waals surface area contributed by atoms with Gasteiger partial charge in [-0.1, -0.05) is 0 Å². The zero-order valence-electron chi connectivity index (χ0n) is 12.2. The van der Waals surface area contributed by atoms with E-state index < -0.39 is 0 Å². The number of carbonyl (C=O) groups is 1. The molecule has 1 aromatic heterocycles. The Morgan fingerprint density at radius 1 is 1.30 bits per heavy atom. The van der Waals surface area contributed by atoms with E-state index in [1.54, 1.807) is 11.1 Å². The molecule has 0 aliphatic carbocycles. The van der Waals surface area contributed by atoms with Crippen LogP contribution >= 0.6 is 0 Å². The van der Waals surface area contributed by atoms with Crippen LogP contribution in [0.4, 0.5) is 15.0 Å². The zero-order chi connectivity index (χ0) is 16.1. The van der Waals surface area contributed by atoms with Crippen LogP contribution in [0.25, 0.3) is 0 Å². The van der Waals surface area contributed by atoms with E-state index >= 15 is 0 Å². The molecule has 0 spiro atoms. The van der Waals surface area contributed by atoms with Crippen LogP contribution in [0.5, 0.6) is 11.6 Å². The summed E-state index contributed by atoms with van der Waals surface area (Å²) in [6, 6.07) is 5.63. The molecule has 0 bridgehead atoms. The summed E-state index contributed by atoms with van der Waals surface area (Å²) in [7, 11) is 0. The molecule has 1 aliphatic heterocycles. The van der Waals surface area contributed by atoms with Gasteiger partial charge in [-0.3, -0.25) is 4.98 Å². The minimum atomic E-state index is -0.334. The molecule has 0 radical (unpaired) electrons. The molecule has 120 valence electrons. The van der Waals surface area contributed by atoms with Crippen molar-refractivity contribution in [3.63, 3.8) is 0 Å². The quantitative estimate of drug-likeness (QED) is 0.880. The summed E-state index contributed by atoms with van der Waals surface area (Å²) in [5, 5.41) is 3.06. The Morgan fingerprint density at radius 3 is 2.87 bits per heavy atom. The van der Waals surface area contributed by atoms with Crippen molar-refractivity contribution in [2.75, 3.05) is 31.6 Å². The van der Waals surface area contributed by atoms with Crippen LogP contribution in [-0.2, 0) is 4.74 Å². The highest BCUT2D eigenvalue weighted by molar-refractivity contribution is 5.69. The SMILES string of the molecule is O=C1OCCN1CCNc1cncc(Oc2ccc(F)cc2)n1. The summed E-state index contributed by atoms with van der Waals surface area (Å²) in [5.74, 6) is 0.955. The molecule has 1 saturated heterocycles. The van der Waals surface area contributed by atoms with Gasteiger partial charge >= 0.3 is 6.09 Å². The average Bonchev–Trinajstić information content (AvgIpc) is 2.95. The van der Waals surface area contributed by atoms with Gasteiger partial charge in [-0.15, -0.1) is 0 Å². The first-order valence-electron chi connectivity index (χ1n) is 7.12. The molecule has 1 aromatic carbocycles. The number of amides is 1. The molecule has 1 amide bonds. The van der Waals surface area contributed by atoms with Crippen LogP contribution in [0, 0.1) is 5.82 Å². The number of rotatable bonds is 6. The fourth-order valence-corrected chi connectivity index (χ4v) is 2.05. The predicted molar refractivity (Wildman–Crippen MR) is 79.9 cm³/mol. The highest BCUT2D eigenvalue weighted by Gasteiger charge is 2.20. The standard InChI is InChI=1S/C15H15FN4O3/c16-11-1-3-12(4-2-11)23-14-10-17-9-13(19-14)18-5-6-20-7-8-22-15(20)21/h1-4,9-10H,5-8H2,(H,18,19). The van der Waals surface area contributed by atoms with Gasteiger partial charge in [0.15, 0.2) is 0 Å². The molecule has 0 saturated carbocycles. The van der Waals surface area contributed by atoms with E-state index in [1.807, 2.05) is 0 Å². The van der Waals surface area contributed by atoms with Crippen LogP contribution in [0.2, 0.25) is 0 Å². The molecular weight excluding hydrogens is 303 g/mol. The lowest BCUT2D eigenvalue weighted by Crippen LogP contribution is -2.29. The first-order valence-corrected chi connectivity index (χ1v) is 7.12. The van der Waals surface area contributed by atoms with Gasteiger partial charge in [0, 0.05) is 13.1 Å². The van der Waals surface area contributed by atoms with Crippen molar-refractivity contribution < 1.29 is 18.7 Å². The molecule has 0 unspecified atom stereocenters. The number of carbonyl (C=O) groups excluding carboxylic acids is 1. The van der Waals surface area contributed by atoms with Crippen molar-refractivity contribution in [1.29, 1.82) is 0 Å². The summed E-state index contributed by atoms with van der Waals surface area (Å²) >= 11 is 0. The van der Waals surface area contributed by atoms with E-state index in [9.17, 15) is 9.18 Å². The molecule has 1 aliphatic rings. The summed E-state index contributed by atoms with van der Waals surface area (Å²) in [6.45, 7) is 2.06. The summed E-state index contributed by atoms with van der Waals surface area (Å²) < 4.78 is 23.2. The van der Waals surface area contributed by atoms with Crippen molar-refractivity contribution in [2.24, 2.45) is 0 Å². The topological polar surface area (TPSA) is 76.6 Å². The van der Waals surface area contributed by atoms with E-state index in [1.165, 1.54) is 30.5 Å². The van der Waals surface area contributed by atoms with Crippen LogP contribution in [0.1, 0.15) is 0 Å². The molecule has 23 heavy (non-hydrogen) atoms. The minimum absolute atomic E-state index is 0.294. The number of cyclic esters (lactones) is 1. The highest BCUT2D eigenvalue weighted by Crippen LogP contribution is 2.19. The summed E-state index contributed by atoms with van der Waals surface area (Å²) in [4.78, 5) is 21.2. The Balaban J connectivity index is 1.54. The molecule has 1 N–H and O–H groups in total. The fourth-order valence-electron chi connectivity index (χ4n) is 2.05. The number of hydrogen-bond donors (Lipinski definition) is 1. The van der Waals surface area contributed by atoms with E-state index in [4.69, 9.17) is 9.47 Å². The number of halogens is 1. The molecule has 1 fully saturated rings. The van der Waals surface area contributed by atoms with Crippen molar-refractivity contribution in [2.45, 2.75) is 0 Å². The van der Waals surface area contributed by atoms with E-state index in [2.05, 4.69) is 15.3 Å². The Bertz CT molecular complexity index is 681. The van der Waals surface area contributed by atoms with Gasteiger partial charge in [0.1, 0.15) is 24.0 Å². The summed E-state index contributed by atoms with van der Waals surface area (Å²) in [5.41, 5.74) is 0. The van der Waals surface area contributed by atoms with Crippen LogP contribution in [0.3, 0.4) is 0 Å². The Hall–Kier alpha value is -2.90. The Labute approximate surface area is 132 Å². The monoisotopic (exact) mass is 318 g/mol. The first-order chi connectivity index (χ1) is 11.2. The molecule has 7 nitrogen and oxygen atoms in total. The van der Waals surface area contributed by atoms with Gasteiger partial charge in [0.2, 0.25) is 5.88 Å².